The monoisotopic (exact) mass is 399 g/mol. The van der Waals surface area contributed by atoms with E-state index in [0.29, 0.717) is 5.92 Å². The minimum absolute atomic E-state index is 0.00859. The molecule has 0 unspecified atom stereocenters. The van der Waals surface area contributed by atoms with Gasteiger partial charge in [-0.15, -0.1) is 0 Å². The predicted octanol–water partition coefficient (Wildman–Crippen LogP) is 5.98. The minimum Gasteiger partial charge on any atom is -0.462 e. The molecule has 29 heavy (non-hydrogen) atoms. The average molecular weight is 399 g/mol. The molecule has 0 spiro atoms. The average Bonchev–Trinajstić information content (AvgIpc) is 2.74. The van der Waals surface area contributed by atoms with Gasteiger partial charge in [0, 0.05) is 6.08 Å². The van der Waals surface area contributed by atoms with Crippen molar-refractivity contribution in [1.29, 1.82) is 5.26 Å². The van der Waals surface area contributed by atoms with Gasteiger partial charge < -0.3 is 4.74 Å². The van der Waals surface area contributed by atoms with Gasteiger partial charge in [-0.3, -0.25) is 4.79 Å². The van der Waals surface area contributed by atoms with Crippen molar-refractivity contribution in [3.8, 4) is 6.07 Å². The molecule has 2 aliphatic rings. The maximum absolute atomic E-state index is 13.5. The van der Waals surface area contributed by atoms with Crippen LogP contribution in [0.1, 0.15) is 62.8 Å². The summed E-state index contributed by atoms with van der Waals surface area (Å²) in [5.74, 6) is -1.19. The van der Waals surface area contributed by atoms with Crippen LogP contribution in [0.2, 0.25) is 0 Å². The molecular weight excluding hydrogens is 372 g/mol. The van der Waals surface area contributed by atoms with Crippen LogP contribution in [0.3, 0.4) is 0 Å². The summed E-state index contributed by atoms with van der Waals surface area (Å²) in [6, 6.07) is 6.06. The number of esters is 1. The maximum atomic E-state index is 13.5. The lowest BCUT2D eigenvalue weighted by Gasteiger charge is -2.31. The molecular formula is C24H27F2NO2. The number of rotatable bonds is 5. The third-order valence-corrected chi connectivity index (χ3v) is 6.14. The Morgan fingerprint density at radius 3 is 2.38 bits per heavy atom. The Balaban J connectivity index is 1.41. The fraction of sp³-hybridized carbons (Fsp3) is 0.500. The van der Waals surface area contributed by atoms with E-state index < -0.39 is 11.6 Å². The second-order valence-corrected chi connectivity index (χ2v) is 8.07. The molecule has 0 heterocycles. The predicted molar refractivity (Wildman–Crippen MR) is 107 cm³/mol. The maximum Gasteiger partial charge on any atom is 0.309 e. The van der Waals surface area contributed by atoms with Gasteiger partial charge in [-0.1, -0.05) is 24.3 Å². The highest BCUT2D eigenvalue weighted by Crippen LogP contribution is 2.37. The van der Waals surface area contributed by atoms with Crippen LogP contribution < -0.4 is 0 Å². The smallest absolute Gasteiger partial charge is 0.309 e. The highest BCUT2D eigenvalue weighted by atomic mass is 19.2. The van der Waals surface area contributed by atoms with Crippen LogP contribution in [0.5, 0.6) is 0 Å². The minimum atomic E-state index is -0.824. The SMILES string of the molecule is N#CC=C/C=C/C1CCC(OC(=O)[C@H]2CC[C@H](c3ccc(F)c(F)c3)CC2)CC1. The van der Waals surface area contributed by atoms with Gasteiger partial charge in [0.25, 0.3) is 0 Å². The third kappa shape index (κ3) is 6.00. The van der Waals surface area contributed by atoms with E-state index in [1.165, 1.54) is 18.2 Å². The van der Waals surface area contributed by atoms with Gasteiger partial charge in [-0.2, -0.15) is 5.26 Å². The lowest BCUT2D eigenvalue weighted by atomic mass is 9.78. The summed E-state index contributed by atoms with van der Waals surface area (Å²) >= 11 is 0. The molecule has 2 aliphatic carbocycles. The Labute approximate surface area is 171 Å². The van der Waals surface area contributed by atoms with E-state index >= 15 is 0 Å². The molecule has 3 nitrogen and oxygen atoms in total. The van der Waals surface area contributed by atoms with Crippen LogP contribution in [0.25, 0.3) is 0 Å². The number of halogens is 2. The molecule has 0 atom stereocenters. The quantitative estimate of drug-likeness (QED) is 0.348. The summed E-state index contributed by atoms with van der Waals surface area (Å²) in [7, 11) is 0. The van der Waals surface area contributed by atoms with Gasteiger partial charge in [0.2, 0.25) is 0 Å². The largest absolute Gasteiger partial charge is 0.462 e. The Kier molecular flexibility index (Phi) is 7.57. The van der Waals surface area contributed by atoms with Crippen molar-refractivity contribution in [2.24, 2.45) is 11.8 Å². The van der Waals surface area contributed by atoms with Crippen LogP contribution in [-0.2, 0) is 9.53 Å². The van der Waals surface area contributed by atoms with Crippen molar-refractivity contribution in [2.45, 2.75) is 63.4 Å². The van der Waals surface area contributed by atoms with Crippen molar-refractivity contribution in [1.82, 2.24) is 0 Å². The van der Waals surface area contributed by atoms with Crippen molar-refractivity contribution in [3.63, 3.8) is 0 Å². The number of carbonyl (C=O) groups excluding carboxylic acids is 1. The number of allylic oxidation sites excluding steroid dienone is 4. The van der Waals surface area contributed by atoms with E-state index in [-0.39, 0.29) is 23.9 Å². The van der Waals surface area contributed by atoms with E-state index in [0.717, 1.165) is 56.9 Å². The van der Waals surface area contributed by atoms with E-state index in [1.54, 1.807) is 12.1 Å². The Bertz CT molecular complexity index is 796. The summed E-state index contributed by atoms with van der Waals surface area (Å²) in [4.78, 5) is 12.5. The molecule has 5 heteroatoms. The Morgan fingerprint density at radius 1 is 1.00 bits per heavy atom. The normalized spacial score (nSPS) is 27.8. The standard InChI is InChI=1S/C24H27F2NO2/c25-22-14-11-20(16-23(22)26)18-7-9-19(10-8-18)24(28)29-21-12-5-17(6-13-21)4-2-1-3-15-27/h1-4,11,14,16-19,21H,5-10,12-13H2/b3-1?,4-2+/t17?,18-,19-,21?. The van der Waals surface area contributed by atoms with E-state index in [9.17, 15) is 13.6 Å². The van der Waals surface area contributed by atoms with Crippen molar-refractivity contribution >= 4 is 5.97 Å². The van der Waals surface area contributed by atoms with E-state index in [1.807, 2.05) is 12.1 Å². The van der Waals surface area contributed by atoms with Crippen LogP contribution in [0.15, 0.2) is 42.5 Å². The van der Waals surface area contributed by atoms with Crippen molar-refractivity contribution in [2.75, 3.05) is 0 Å². The molecule has 1 aromatic rings. The first-order valence-electron chi connectivity index (χ1n) is 10.4. The molecule has 0 saturated heterocycles. The van der Waals surface area contributed by atoms with Crippen LogP contribution in [0, 0.1) is 34.8 Å². The topological polar surface area (TPSA) is 50.1 Å². The fourth-order valence-electron chi connectivity index (χ4n) is 4.41. The molecule has 2 saturated carbocycles. The van der Waals surface area contributed by atoms with Crippen LogP contribution >= 0.6 is 0 Å². The molecule has 0 radical (unpaired) electrons. The number of benzene rings is 1. The van der Waals surface area contributed by atoms with Gasteiger partial charge in [-0.05, 0) is 80.9 Å². The highest BCUT2D eigenvalue weighted by molar-refractivity contribution is 5.72. The van der Waals surface area contributed by atoms with Gasteiger partial charge in [0.1, 0.15) is 6.10 Å². The molecule has 0 N–H and O–H groups in total. The lowest BCUT2D eigenvalue weighted by molar-refractivity contribution is -0.157. The number of nitriles is 1. The number of carbonyl (C=O) groups is 1. The fourth-order valence-corrected chi connectivity index (χ4v) is 4.41. The van der Waals surface area contributed by atoms with Crippen LogP contribution in [-0.4, -0.2) is 12.1 Å². The summed E-state index contributed by atoms with van der Waals surface area (Å²) in [5.41, 5.74) is 0.812. The molecule has 154 valence electrons. The van der Waals surface area contributed by atoms with Crippen LogP contribution in [0.4, 0.5) is 8.78 Å². The first-order chi connectivity index (χ1) is 14.1. The van der Waals surface area contributed by atoms with Gasteiger partial charge >= 0.3 is 5.97 Å². The van der Waals surface area contributed by atoms with E-state index in [4.69, 9.17) is 10.00 Å². The highest BCUT2D eigenvalue weighted by Gasteiger charge is 2.31. The summed E-state index contributed by atoms with van der Waals surface area (Å²) in [6.07, 6.45) is 13.9. The second kappa shape index (κ2) is 10.3. The molecule has 1 aromatic carbocycles. The van der Waals surface area contributed by atoms with Gasteiger partial charge in [-0.25, -0.2) is 8.78 Å². The summed E-state index contributed by atoms with van der Waals surface area (Å²) < 4.78 is 32.3. The Morgan fingerprint density at radius 2 is 1.72 bits per heavy atom. The summed E-state index contributed by atoms with van der Waals surface area (Å²) in [5, 5.41) is 8.47. The molecule has 0 aliphatic heterocycles. The number of ether oxygens (including phenoxy) is 1. The third-order valence-electron chi connectivity index (χ3n) is 6.14. The zero-order valence-electron chi connectivity index (χ0n) is 16.5. The molecule has 0 amide bonds. The molecule has 0 bridgehead atoms. The molecule has 2 fully saturated rings. The van der Waals surface area contributed by atoms with E-state index in [2.05, 4.69) is 6.08 Å². The first-order valence-corrected chi connectivity index (χ1v) is 10.4. The lowest BCUT2D eigenvalue weighted by Crippen LogP contribution is -2.29. The number of nitrogens with zero attached hydrogens (tertiary/aromatic N) is 1. The van der Waals surface area contributed by atoms with Crippen molar-refractivity contribution in [3.05, 3.63) is 59.7 Å². The zero-order chi connectivity index (χ0) is 20.6. The number of hydrogen-bond acceptors (Lipinski definition) is 3. The van der Waals surface area contributed by atoms with Gasteiger partial charge in [0.05, 0.1) is 12.0 Å². The van der Waals surface area contributed by atoms with Crippen molar-refractivity contribution < 1.29 is 18.3 Å². The number of hydrogen-bond donors (Lipinski definition) is 0. The van der Waals surface area contributed by atoms with Gasteiger partial charge in [0.15, 0.2) is 11.6 Å². The molecule has 3 rings (SSSR count). The zero-order valence-corrected chi connectivity index (χ0v) is 16.5. The second-order valence-electron chi connectivity index (χ2n) is 8.07. The first kappa shape index (κ1) is 21.2. The molecule has 0 aromatic heterocycles. The summed E-state index contributed by atoms with van der Waals surface area (Å²) in [6.45, 7) is 0. The Hall–Kier alpha value is -2.48.